The summed E-state index contributed by atoms with van der Waals surface area (Å²) in [6.07, 6.45) is 0.359. The SMILES string of the molecule is CC(OC(=O)c1cccc(S(=O)(=O)NCc2ccco2)c1)C(=O)Nc1ccc(C(C)C)cc1. The van der Waals surface area contributed by atoms with Crippen LogP contribution in [0.2, 0.25) is 0 Å². The highest BCUT2D eigenvalue weighted by Gasteiger charge is 2.21. The zero-order valence-corrected chi connectivity index (χ0v) is 19.4. The van der Waals surface area contributed by atoms with Crippen molar-refractivity contribution in [1.82, 2.24) is 4.72 Å². The van der Waals surface area contributed by atoms with Crippen LogP contribution in [-0.4, -0.2) is 26.4 Å². The van der Waals surface area contributed by atoms with Crippen LogP contribution in [0.15, 0.2) is 76.2 Å². The maximum absolute atomic E-state index is 12.5. The van der Waals surface area contributed by atoms with E-state index in [2.05, 4.69) is 23.9 Å². The molecule has 0 fully saturated rings. The Labute approximate surface area is 193 Å². The van der Waals surface area contributed by atoms with Gasteiger partial charge in [-0.3, -0.25) is 4.79 Å². The Balaban J connectivity index is 1.61. The van der Waals surface area contributed by atoms with E-state index < -0.39 is 28.0 Å². The third kappa shape index (κ3) is 6.53. The molecule has 2 N–H and O–H groups in total. The lowest BCUT2D eigenvalue weighted by atomic mass is 10.0. The van der Waals surface area contributed by atoms with Crippen LogP contribution in [0.4, 0.5) is 5.69 Å². The molecule has 1 amide bonds. The number of amides is 1. The lowest BCUT2D eigenvalue weighted by molar-refractivity contribution is -0.123. The minimum Gasteiger partial charge on any atom is -0.468 e. The van der Waals surface area contributed by atoms with Crippen LogP contribution < -0.4 is 10.0 Å². The maximum Gasteiger partial charge on any atom is 0.338 e. The first kappa shape index (κ1) is 24.2. The number of sulfonamides is 1. The minimum absolute atomic E-state index is 0.0109. The van der Waals surface area contributed by atoms with Crippen molar-refractivity contribution < 1.29 is 27.2 Å². The van der Waals surface area contributed by atoms with E-state index >= 15 is 0 Å². The van der Waals surface area contributed by atoms with E-state index in [4.69, 9.17) is 9.15 Å². The summed E-state index contributed by atoms with van der Waals surface area (Å²) in [4.78, 5) is 24.8. The van der Waals surface area contributed by atoms with Gasteiger partial charge in [-0.25, -0.2) is 17.9 Å². The fourth-order valence-electron chi connectivity index (χ4n) is 2.93. The van der Waals surface area contributed by atoms with Crippen molar-refractivity contribution in [3.63, 3.8) is 0 Å². The van der Waals surface area contributed by atoms with Crippen molar-refractivity contribution in [3.05, 3.63) is 83.8 Å². The Morgan fingerprint density at radius 3 is 2.36 bits per heavy atom. The largest absolute Gasteiger partial charge is 0.468 e. The number of nitrogens with one attached hydrogen (secondary N) is 2. The van der Waals surface area contributed by atoms with Crippen molar-refractivity contribution in [1.29, 1.82) is 0 Å². The number of hydrogen-bond donors (Lipinski definition) is 2. The smallest absolute Gasteiger partial charge is 0.338 e. The van der Waals surface area contributed by atoms with Gasteiger partial charge in [0.1, 0.15) is 5.76 Å². The Morgan fingerprint density at radius 1 is 1.00 bits per heavy atom. The van der Waals surface area contributed by atoms with Gasteiger partial charge in [0, 0.05) is 5.69 Å². The molecule has 0 aliphatic carbocycles. The fraction of sp³-hybridized carbons (Fsp3) is 0.250. The summed E-state index contributed by atoms with van der Waals surface area (Å²) in [6.45, 7) is 5.57. The lowest BCUT2D eigenvalue weighted by Gasteiger charge is -2.14. The summed E-state index contributed by atoms with van der Waals surface area (Å²) in [5.74, 6) is -0.484. The highest BCUT2D eigenvalue weighted by molar-refractivity contribution is 7.89. The molecule has 3 aromatic rings. The first-order valence-corrected chi connectivity index (χ1v) is 11.9. The van der Waals surface area contributed by atoms with Crippen LogP contribution in [0.3, 0.4) is 0 Å². The van der Waals surface area contributed by atoms with Gasteiger partial charge in [-0.1, -0.05) is 32.0 Å². The molecule has 33 heavy (non-hydrogen) atoms. The van der Waals surface area contributed by atoms with Crippen LogP contribution in [0.1, 0.15) is 48.4 Å². The average molecular weight is 471 g/mol. The van der Waals surface area contributed by atoms with E-state index in [9.17, 15) is 18.0 Å². The van der Waals surface area contributed by atoms with E-state index in [1.165, 1.54) is 37.5 Å². The highest BCUT2D eigenvalue weighted by Crippen LogP contribution is 2.18. The second-order valence-electron chi connectivity index (χ2n) is 7.75. The zero-order chi connectivity index (χ0) is 24.0. The van der Waals surface area contributed by atoms with E-state index in [0.717, 1.165) is 5.56 Å². The predicted octanol–water partition coefficient (Wildman–Crippen LogP) is 4.07. The highest BCUT2D eigenvalue weighted by atomic mass is 32.2. The maximum atomic E-state index is 12.5. The summed E-state index contributed by atoms with van der Waals surface area (Å²) < 4.78 is 37.8. The quantitative estimate of drug-likeness (QED) is 0.456. The molecule has 1 heterocycles. The van der Waals surface area contributed by atoms with E-state index in [0.29, 0.717) is 17.4 Å². The first-order valence-electron chi connectivity index (χ1n) is 10.4. The third-order valence-corrected chi connectivity index (χ3v) is 6.29. The molecule has 1 atom stereocenters. The number of benzene rings is 2. The Kier molecular flexibility index (Phi) is 7.67. The third-order valence-electron chi connectivity index (χ3n) is 4.89. The Morgan fingerprint density at radius 2 is 1.73 bits per heavy atom. The van der Waals surface area contributed by atoms with Gasteiger partial charge in [0.05, 0.1) is 23.3 Å². The van der Waals surface area contributed by atoms with Gasteiger partial charge in [-0.05, 0) is 60.9 Å². The number of carbonyl (C=O) groups is 2. The van der Waals surface area contributed by atoms with Crippen molar-refractivity contribution in [2.75, 3.05) is 5.32 Å². The Hall–Kier alpha value is -3.43. The molecule has 9 heteroatoms. The van der Waals surface area contributed by atoms with Gasteiger partial charge in [0.15, 0.2) is 6.10 Å². The van der Waals surface area contributed by atoms with Crippen molar-refractivity contribution >= 4 is 27.6 Å². The molecule has 0 aliphatic heterocycles. The number of furan rings is 1. The molecule has 0 radical (unpaired) electrons. The number of ether oxygens (including phenoxy) is 1. The van der Waals surface area contributed by atoms with Crippen molar-refractivity contribution in [3.8, 4) is 0 Å². The summed E-state index contributed by atoms with van der Waals surface area (Å²) >= 11 is 0. The van der Waals surface area contributed by atoms with Crippen molar-refractivity contribution in [2.24, 2.45) is 0 Å². The molecule has 0 spiro atoms. The second kappa shape index (κ2) is 10.5. The summed E-state index contributed by atoms with van der Waals surface area (Å²) in [5, 5.41) is 2.70. The molecule has 0 aliphatic rings. The van der Waals surface area contributed by atoms with E-state index in [1.807, 2.05) is 12.1 Å². The van der Waals surface area contributed by atoms with Gasteiger partial charge in [0.25, 0.3) is 5.91 Å². The van der Waals surface area contributed by atoms with Crippen LogP contribution >= 0.6 is 0 Å². The number of esters is 1. The minimum atomic E-state index is -3.88. The van der Waals surface area contributed by atoms with Gasteiger partial charge in [-0.15, -0.1) is 0 Å². The molecule has 1 unspecified atom stereocenters. The average Bonchev–Trinajstić information content (AvgIpc) is 3.32. The number of rotatable bonds is 9. The van der Waals surface area contributed by atoms with Crippen LogP contribution in [-0.2, 0) is 26.1 Å². The second-order valence-corrected chi connectivity index (χ2v) is 9.51. The first-order chi connectivity index (χ1) is 15.7. The van der Waals surface area contributed by atoms with E-state index in [1.54, 1.807) is 24.3 Å². The van der Waals surface area contributed by atoms with E-state index in [-0.39, 0.29) is 17.0 Å². The summed E-state index contributed by atoms with van der Waals surface area (Å²) in [6, 6.07) is 16.1. The molecule has 0 saturated heterocycles. The Bertz CT molecular complexity index is 1200. The van der Waals surface area contributed by atoms with Crippen LogP contribution in [0, 0.1) is 0 Å². The molecule has 2 aromatic carbocycles. The van der Waals surface area contributed by atoms with Gasteiger partial charge in [0.2, 0.25) is 10.0 Å². The number of anilines is 1. The molecule has 0 bridgehead atoms. The van der Waals surface area contributed by atoms with Gasteiger partial charge >= 0.3 is 5.97 Å². The standard InChI is InChI=1S/C24H26N2O6S/c1-16(2)18-9-11-20(12-10-18)26-23(27)17(3)32-24(28)19-6-4-8-22(14-19)33(29,30)25-15-21-7-5-13-31-21/h4-14,16-17,25H,15H2,1-3H3,(H,26,27). The van der Waals surface area contributed by atoms with Gasteiger partial charge < -0.3 is 14.5 Å². The molecule has 0 saturated carbocycles. The normalized spacial score (nSPS) is 12.4. The van der Waals surface area contributed by atoms with Crippen molar-refractivity contribution in [2.45, 2.75) is 44.2 Å². The molecular weight excluding hydrogens is 444 g/mol. The monoisotopic (exact) mass is 470 g/mol. The lowest BCUT2D eigenvalue weighted by Crippen LogP contribution is -2.30. The van der Waals surface area contributed by atoms with Crippen LogP contribution in [0.25, 0.3) is 0 Å². The molecule has 174 valence electrons. The van der Waals surface area contributed by atoms with Gasteiger partial charge in [-0.2, -0.15) is 0 Å². The molecular formula is C24H26N2O6S. The fourth-order valence-corrected chi connectivity index (χ4v) is 3.97. The molecule has 3 rings (SSSR count). The topological polar surface area (TPSA) is 115 Å². The van der Waals surface area contributed by atoms with Crippen LogP contribution in [0.5, 0.6) is 0 Å². The molecule has 8 nitrogen and oxygen atoms in total. The number of carbonyl (C=O) groups excluding carboxylic acids is 2. The predicted molar refractivity (Wildman–Crippen MR) is 123 cm³/mol. The zero-order valence-electron chi connectivity index (χ0n) is 18.6. The molecule has 1 aromatic heterocycles. The number of hydrogen-bond acceptors (Lipinski definition) is 6. The summed E-state index contributed by atoms with van der Waals surface area (Å²) in [5.41, 5.74) is 1.74. The summed E-state index contributed by atoms with van der Waals surface area (Å²) in [7, 11) is -3.88.